The number of nitrogen functional groups attached to an aromatic ring is 1. The molecule has 0 aliphatic rings. The summed E-state index contributed by atoms with van der Waals surface area (Å²) in [5.74, 6) is -0.796. The summed E-state index contributed by atoms with van der Waals surface area (Å²) in [6.45, 7) is 1.92. The second-order valence-electron chi connectivity index (χ2n) is 4.44. The summed E-state index contributed by atoms with van der Waals surface area (Å²) in [6, 6.07) is 2.22. The van der Waals surface area contributed by atoms with Crippen LogP contribution in [0.1, 0.15) is 18.9 Å². The number of halogens is 2. The van der Waals surface area contributed by atoms with Crippen LogP contribution in [-0.4, -0.2) is 30.9 Å². The number of rotatable bonds is 6. The van der Waals surface area contributed by atoms with E-state index in [1.807, 2.05) is 13.2 Å². The van der Waals surface area contributed by atoms with Gasteiger partial charge in [0.2, 0.25) is 0 Å². The van der Waals surface area contributed by atoms with E-state index in [4.69, 9.17) is 11.1 Å². The molecule has 0 aromatic heterocycles. The van der Waals surface area contributed by atoms with Gasteiger partial charge in [0, 0.05) is 18.7 Å². The molecule has 0 heterocycles. The zero-order valence-corrected chi connectivity index (χ0v) is 12.2. The Morgan fingerprint density at radius 1 is 1.42 bits per heavy atom. The summed E-state index contributed by atoms with van der Waals surface area (Å²) < 4.78 is 27.9. The average molecular weight is 287 g/mol. The SMILES string of the molecule is CSCCC(C)N(C)c1c(F)cc(C(=N)N)cc1F. The van der Waals surface area contributed by atoms with Gasteiger partial charge in [-0.15, -0.1) is 0 Å². The Kier molecular flexibility index (Phi) is 5.60. The molecule has 3 nitrogen and oxygen atoms in total. The second kappa shape index (κ2) is 6.75. The van der Waals surface area contributed by atoms with Crippen LogP contribution < -0.4 is 10.6 Å². The Morgan fingerprint density at radius 2 is 1.95 bits per heavy atom. The van der Waals surface area contributed by atoms with E-state index in [-0.39, 0.29) is 23.1 Å². The van der Waals surface area contributed by atoms with E-state index in [0.29, 0.717) is 0 Å². The molecule has 19 heavy (non-hydrogen) atoms. The summed E-state index contributed by atoms with van der Waals surface area (Å²) in [6.07, 6.45) is 2.83. The first-order valence-corrected chi connectivity index (χ1v) is 7.33. The van der Waals surface area contributed by atoms with Crippen molar-refractivity contribution in [3.05, 3.63) is 29.3 Å². The zero-order valence-electron chi connectivity index (χ0n) is 11.3. The third-order valence-electron chi connectivity index (χ3n) is 3.08. The molecule has 0 aliphatic carbocycles. The van der Waals surface area contributed by atoms with Crippen LogP contribution in [0.2, 0.25) is 0 Å². The van der Waals surface area contributed by atoms with E-state index in [1.54, 1.807) is 23.7 Å². The Hall–Kier alpha value is -1.30. The number of nitrogens with zero attached hydrogens (tertiary/aromatic N) is 1. The summed E-state index contributed by atoms with van der Waals surface area (Å²) in [5, 5.41) is 7.21. The third kappa shape index (κ3) is 3.83. The van der Waals surface area contributed by atoms with E-state index in [9.17, 15) is 8.78 Å². The summed E-state index contributed by atoms with van der Waals surface area (Å²) >= 11 is 1.70. The molecule has 1 atom stereocenters. The van der Waals surface area contributed by atoms with Crippen LogP contribution in [0, 0.1) is 17.0 Å². The van der Waals surface area contributed by atoms with Crippen LogP contribution >= 0.6 is 11.8 Å². The van der Waals surface area contributed by atoms with Crippen molar-refractivity contribution in [2.24, 2.45) is 5.73 Å². The van der Waals surface area contributed by atoms with Crippen molar-refractivity contribution in [2.75, 3.05) is 24.0 Å². The van der Waals surface area contributed by atoms with Gasteiger partial charge in [0.15, 0.2) is 0 Å². The van der Waals surface area contributed by atoms with Gasteiger partial charge in [-0.1, -0.05) is 0 Å². The lowest BCUT2D eigenvalue weighted by Crippen LogP contribution is -2.31. The number of hydrogen-bond donors (Lipinski definition) is 2. The van der Waals surface area contributed by atoms with Crippen molar-refractivity contribution in [3.8, 4) is 0 Å². The predicted molar refractivity (Wildman–Crippen MR) is 78.2 cm³/mol. The van der Waals surface area contributed by atoms with Crippen molar-refractivity contribution in [2.45, 2.75) is 19.4 Å². The second-order valence-corrected chi connectivity index (χ2v) is 5.43. The lowest BCUT2D eigenvalue weighted by atomic mass is 10.1. The number of amidine groups is 1. The van der Waals surface area contributed by atoms with Gasteiger partial charge in [-0.25, -0.2) is 8.78 Å². The minimum absolute atomic E-state index is 0.0274. The molecule has 0 amide bonds. The van der Waals surface area contributed by atoms with Crippen LogP contribution in [0.4, 0.5) is 14.5 Å². The maximum atomic E-state index is 14.0. The number of anilines is 1. The molecule has 1 aromatic carbocycles. The van der Waals surface area contributed by atoms with E-state index in [0.717, 1.165) is 24.3 Å². The van der Waals surface area contributed by atoms with Gasteiger partial charge in [-0.05, 0) is 37.5 Å². The number of nitrogens with one attached hydrogen (secondary N) is 1. The van der Waals surface area contributed by atoms with Crippen molar-refractivity contribution >= 4 is 23.3 Å². The lowest BCUT2D eigenvalue weighted by Gasteiger charge is -2.27. The fraction of sp³-hybridized carbons (Fsp3) is 0.462. The van der Waals surface area contributed by atoms with Crippen LogP contribution in [0.5, 0.6) is 0 Å². The normalized spacial score (nSPS) is 12.3. The molecule has 0 saturated carbocycles. The van der Waals surface area contributed by atoms with Crippen LogP contribution in [0.3, 0.4) is 0 Å². The van der Waals surface area contributed by atoms with Gasteiger partial charge < -0.3 is 10.6 Å². The standard InChI is InChI=1S/C13H19F2N3S/c1-8(4-5-19-3)18(2)12-10(14)6-9(13(16)17)7-11(12)15/h6-8H,4-5H2,1-3H3,(H3,16,17). The van der Waals surface area contributed by atoms with Crippen LogP contribution in [0.15, 0.2) is 12.1 Å². The molecule has 0 fully saturated rings. The lowest BCUT2D eigenvalue weighted by molar-refractivity contribution is 0.557. The molecule has 0 saturated heterocycles. The average Bonchev–Trinajstić information content (AvgIpc) is 2.34. The third-order valence-corrected chi connectivity index (χ3v) is 3.73. The highest BCUT2D eigenvalue weighted by atomic mass is 32.2. The maximum absolute atomic E-state index is 14.0. The topological polar surface area (TPSA) is 53.1 Å². The molecule has 6 heteroatoms. The maximum Gasteiger partial charge on any atom is 0.150 e. The van der Waals surface area contributed by atoms with Gasteiger partial charge in [0.25, 0.3) is 0 Å². The molecule has 0 bridgehead atoms. The fourth-order valence-corrected chi connectivity index (χ4v) is 2.34. The molecule has 1 rings (SSSR count). The molecule has 1 aromatic rings. The van der Waals surface area contributed by atoms with E-state index >= 15 is 0 Å². The molecule has 0 radical (unpaired) electrons. The molecule has 0 aliphatic heterocycles. The van der Waals surface area contributed by atoms with Crippen LogP contribution in [-0.2, 0) is 0 Å². The highest BCUT2D eigenvalue weighted by molar-refractivity contribution is 7.98. The largest absolute Gasteiger partial charge is 0.384 e. The summed E-state index contributed by atoms with van der Waals surface area (Å²) in [5.41, 5.74) is 5.23. The smallest absolute Gasteiger partial charge is 0.150 e. The number of benzene rings is 1. The summed E-state index contributed by atoms with van der Waals surface area (Å²) in [4.78, 5) is 1.59. The van der Waals surface area contributed by atoms with E-state index in [2.05, 4.69) is 0 Å². The fourth-order valence-electron chi connectivity index (χ4n) is 1.76. The minimum Gasteiger partial charge on any atom is -0.384 e. The monoisotopic (exact) mass is 287 g/mol. The summed E-state index contributed by atoms with van der Waals surface area (Å²) in [7, 11) is 1.67. The zero-order chi connectivity index (χ0) is 14.6. The Balaban J connectivity index is 3.03. The highest BCUT2D eigenvalue weighted by Crippen LogP contribution is 2.26. The van der Waals surface area contributed by atoms with E-state index < -0.39 is 11.6 Å². The first-order chi connectivity index (χ1) is 8.88. The Bertz CT molecular complexity index is 442. The highest BCUT2D eigenvalue weighted by Gasteiger charge is 2.19. The van der Waals surface area contributed by atoms with Gasteiger partial charge in [0.05, 0.1) is 0 Å². The molecular formula is C13H19F2N3S. The minimum atomic E-state index is -0.691. The van der Waals surface area contributed by atoms with Gasteiger partial charge >= 0.3 is 0 Å². The molecule has 106 valence electrons. The van der Waals surface area contributed by atoms with Gasteiger partial charge in [-0.3, -0.25) is 5.41 Å². The van der Waals surface area contributed by atoms with Gasteiger partial charge in [-0.2, -0.15) is 11.8 Å². The molecule has 3 N–H and O–H groups in total. The first-order valence-electron chi connectivity index (χ1n) is 5.93. The molecule has 1 unspecified atom stereocenters. The van der Waals surface area contributed by atoms with Crippen molar-refractivity contribution < 1.29 is 8.78 Å². The Labute approximate surface area is 116 Å². The van der Waals surface area contributed by atoms with Crippen LogP contribution in [0.25, 0.3) is 0 Å². The van der Waals surface area contributed by atoms with E-state index in [1.165, 1.54) is 0 Å². The van der Waals surface area contributed by atoms with Gasteiger partial charge in [0.1, 0.15) is 23.2 Å². The molecule has 0 spiro atoms. The predicted octanol–water partition coefficient (Wildman–Crippen LogP) is 2.83. The van der Waals surface area contributed by atoms with Crippen molar-refractivity contribution in [1.29, 1.82) is 5.41 Å². The molecular weight excluding hydrogens is 268 g/mol. The van der Waals surface area contributed by atoms with Crippen molar-refractivity contribution in [1.82, 2.24) is 0 Å². The quantitative estimate of drug-likeness (QED) is 0.625. The first kappa shape index (κ1) is 15.8. The number of nitrogens with two attached hydrogens (primary N) is 1. The Morgan fingerprint density at radius 3 is 2.37 bits per heavy atom. The van der Waals surface area contributed by atoms with Crippen molar-refractivity contribution in [3.63, 3.8) is 0 Å². The number of thioether (sulfide) groups is 1. The number of hydrogen-bond acceptors (Lipinski definition) is 3.